The van der Waals surface area contributed by atoms with Crippen LogP contribution in [-0.2, 0) is 12.8 Å². The average molecular weight is 218 g/mol. The molecule has 0 saturated heterocycles. The van der Waals surface area contributed by atoms with Gasteiger partial charge in [-0.2, -0.15) is 0 Å². The van der Waals surface area contributed by atoms with Crippen molar-refractivity contribution in [1.82, 2.24) is 4.90 Å². The fourth-order valence-corrected chi connectivity index (χ4v) is 2.36. The average Bonchev–Trinajstić information content (AvgIpc) is 2.52. The van der Waals surface area contributed by atoms with Crippen LogP contribution in [-0.4, -0.2) is 30.6 Å². The van der Waals surface area contributed by atoms with E-state index in [0.29, 0.717) is 6.04 Å². The second-order valence-electron chi connectivity index (χ2n) is 4.74. The minimum atomic E-state index is 0.334. The number of rotatable bonds is 3. The Morgan fingerprint density at radius 2 is 1.75 bits per heavy atom. The first-order chi connectivity index (χ1) is 7.79. The third kappa shape index (κ3) is 2.83. The standard InChI is InChI=1S/C14H22N2/c1-2-14(15)11-16-9-7-12-5-3-4-6-13(12)8-10-16/h3-6,14H,2,7-11,15H2,1H3. The van der Waals surface area contributed by atoms with Gasteiger partial charge in [0.05, 0.1) is 0 Å². The summed E-state index contributed by atoms with van der Waals surface area (Å²) in [4.78, 5) is 2.51. The van der Waals surface area contributed by atoms with E-state index in [0.717, 1.165) is 26.1 Å². The molecule has 1 aromatic carbocycles. The van der Waals surface area contributed by atoms with E-state index in [9.17, 15) is 0 Å². The smallest absolute Gasteiger partial charge is 0.0165 e. The van der Waals surface area contributed by atoms with Crippen LogP contribution in [0, 0.1) is 0 Å². The summed E-state index contributed by atoms with van der Waals surface area (Å²) in [5.74, 6) is 0. The van der Waals surface area contributed by atoms with Crippen molar-refractivity contribution in [1.29, 1.82) is 0 Å². The molecule has 1 aromatic rings. The molecule has 1 heterocycles. The van der Waals surface area contributed by atoms with Crippen molar-refractivity contribution < 1.29 is 0 Å². The van der Waals surface area contributed by atoms with Crippen LogP contribution in [0.25, 0.3) is 0 Å². The highest BCUT2D eigenvalue weighted by Crippen LogP contribution is 2.15. The number of fused-ring (bicyclic) bond motifs is 1. The molecule has 2 rings (SSSR count). The Morgan fingerprint density at radius 3 is 2.25 bits per heavy atom. The monoisotopic (exact) mass is 218 g/mol. The molecule has 1 atom stereocenters. The Morgan fingerprint density at radius 1 is 1.19 bits per heavy atom. The summed E-state index contributed by atoms with van der Waals surface area (Å²) in [5.41, 5.74) is 9.06. The molecule has 1 unspecified atom stereocenters. The van der Waals surface area contributed by atoms with Crippen LogP contribution < -0.4 is 5.73 Å². The molecule has 2 heteroatoms. The van der Waals surface area contributed by atoms with Crippen molar-refractivity contribution in [2.45, 2.75) is 32.2 Å². The zero-order valence-corrected chi connectivity index (χ0v) is 10.2. The van der Waals surface area contributed by atoms with Gasteiger partial charge in [0.15, 0.2) is 0 Å². The van der Waals surface area contributed by atoms with Crippen molar-refractivity contribution in [3.8, 4) is 0 Å². The van der Waals surface area contributed by atoms with Gasteiger partial charge in [-0.1, -0.05) is 31.2 Å². The first-order valence-corrected chi connectivity index (χ1v) is 6.34. The molecule has 16 heavy (non-hydrogen) atoms. The number of hydrogen-bond donors (Lipinski definition) is 1. The van der Waals surface area contributed by atoms with Gasteiger partial charge >= 0.3 is 0 Å². The van der Waals surface area contributed by atoms with Gasteiger partial charge in [0.2, 0.25) is 0 Å². The minimum Gasteiger partial charge on any atom is -0.327 e. The molecule has 0 aromatic heterocycles. The number of nitrogens with zero attached hydrogens (tertiary/aromatic N) is 1. The van der Waals surface area contributed by atoms with Crippen LogP contribution in [0.1, 0.15) is 24.5 Å². The highest BCUT2D eigenvalue weighted by molar-refractivity contribution is 5.28. The molecule has 0 spiro atoms. The van der Waals surface area contributed by atoms with Gasteiger partial charge in [-0.15, -0.1) is 0 Å². The highest BCUT2D eigenvalue weighted by Gasteiger charge is 2.14. The van der Waals surface area contributed by atoms with Gasteiger partial charge in [-0.05, 0) is 30.4 Å². The Balaban J connectivity index is 1.97. The summed E-state index contributed by atoms with van der Waals surface area (Å²) in [6.45, 7) is 5.52. The molecule has 1 aliphatic heterocycles. The molecule has 0 radical (unpaired) electrons. The van der Waals surface area contributed by atoms with Gasteiger partial charge in [0.1, 0.15) is 0 Å². The molecule has 2 nitrogen and oxygen atoms in total. The third-order valence-electron chi connectivity index (χ3n) is 3.53. The van der Waals surface area contributed by atoms with Crippen LogP contribution in [0.4, 0.5) is 0 Å². The molecule has 0 fully saturated rings. The Kier molecular flexibility index (Phi) is 3.97. The van der Waals surface area contributed by atoms with Crippen molar-refractivity contribution in [3.05, 3.63) is 35.4 Å². The maximum atomic E-state index is 6.02. The lowest BCUT2D eigenvalue weighted by Gasteiger charge is -2.22. The molecular weight excluding hydrogens is 196 g/mol. The van der Waals surface area contributed by atoms with Crippen LogP contribution in [0.2, 0.25) is 0 Å². The first-order valence-electron chi connectivity index (χ1n) is 6.34. The molecule has 88 valence electrons. The van der Waals surface area contributed by atoms with Crippen LogP contribution in [0.5, 0.6) is 0 Å². The Labute approximate surface area is 98.4 Å². The summed E-state index contributed by atoms with van der Waals surface area (Å²) < 4.78 is 0. The SMILES string of the molecule is CCC(N)CN1CCc2ccccc2CC1. The maximum absolute atomic E-state index is 6.02. The fraction of sp³-hybridized carbons (Fsp3) is 0.571. The molecule has 0 bridgehead atoms. The van der Waals surface area contributed by atoms with Crippen LogP contribution in [0.15, 0.2) is 24.3 Å². The van der Waals surface area contributed by atoms with Crippen molar-refractivity contribution in [2.75, 3.05) is 19.6 Å². The molecule has 2 N–H and O–H groups in total. The number of hydrogen-bond acceptors (Lipinski definition) is 2. The van der Waals surface area contributed by atoms with Crippen LogP contribution in [0.3, 0.4) is 0 Å². The quantitative estimate of drug-likeness (QED) is 0.838. The van der Waals surface area contributed by atoms with E-state index < -0.39 is 0 Å². The zero-order chi connectivity index (χ0) is 11.4. The lowest BCUT2D eigenvalue weighted by atomic mass is 10.0. The van der Waals surface area contributed by atoms with E-state index in [-0.39, 0.29) is 0 Å². The predicted molar refractivity (Wildman–Crippen MR) is 68.6 cm³/mol. The lowest BCUT2D eigenvalue weighted by molar-refractivity contribution is 0.266. The van der Waals surface area contributed by atoms with Crippen molar-refractivity contribution >= 4 is 0 Å². The topological polar surface area (TPSA) is 29.3 Å². The van der Waals surface area contributed by atoms with E-state index in [1.54, 1.807) is 0 Å². The summed E-state index contributed by atoms with van der Waals surface area (Å²) in [6.07, 6.45) is 3.42. The second-order valence-corrected chi connectivity index (χ2v) is 4.74. The van der Waals surface area contributed by atoms with Crippen molar-refractivity contribution in [3.63, 3.8) is 0 Å². The number of benzene rings is 1. The van der Waals surface area contributed by atoms with Gasteiger partial charge in [0, 0.05) is 25.7 Å². The molecule has 0 saturated carbocycles. The zero-order valence-electron chi connectivity index (χ0n) is 10.2. The predicted octanol–water partition coefficient (Wildman–Crippen LogP) is 1.82. The van der Waals surface area contributed by atoms with E-state index in [4.69, 9.17) is 5.73 Å². The molecule has 1 aliphatic rings. The summed E-state index contributed by atoms with van der Waals surface area (Å²) in [5, 5.41) is 0. The van der Waals surface area contributed by atoms with E-state index in [2.05, 4.69) is 36.1 Å². The number of nitrogens with two attached hydrogens (primary N) is 1. The highest BCUT2D eigenvalue weighted by atomic mass is 15.1. The molecule has 0 aliphatic carbocycles. The fourth-order valence-electron chi connectivity index (χ4n) is 2.36. The van der Waals surface area contributed by atoms with Gasteiger partial charge in [-0.3, -0.25) is 0 Å². The lowest BCUT2D eigenvalue weighted by Crippen LogP contribution is -2.38. The van der Waals surface area contributed by atoms with Gasteiger partial charge < -0.3 is 10.6 Å². The van der Waals surface area contributed by atoms with E-state index >= 15 is 0 Å². The second kappa shape index (κ2) is 5.46. The summed E-state index contributed by atoms with van der Waals surface area (Å²) in [7, 11) is 0. The van der Waals surface area contributed by atoms with Gasteiger partial charge in [0.25, 0.3) is 0 Å². The Bertz CT molecular complexity index is 308. The molecular formula is C14H22N2. The van der Waals surface area contributed by atoms with E-state index in [1.165, 1.54) is 24.0 Å². The summed E-state index contributed by atoms with van der Waals surface area (Å²) >= 11 is 0. The van der Waals surface area contributed by atoms with Crippen molar-refractivity contribution in [2.24, 2.45) is 5.73 Å². The maximum Gasteiger partial charge on any atom is 0.0165 e. The van der Waals surface area contributed by atoms with E-state index in [1.807, 2.05) is 0 Å². The normalized spacial score (nSPS) is 18.9. The first kappa shape index (κ1) is 11.6. The summed E-state index contributed by atoms with van der Waals surface area (Å²) in [6, 6.07) is 9.15. The minimum absolute atomic E-state index is 0.334. The Hall–Kier alpha value is -0.860. The molecule has 0 amide bonds. The third-order valence-corrected chi connectivity index (χ3v) is 3.53. The van der Waals surface area contributed by atoms with Crippen LogP contribution >= 0.6 is 0 Å². The largest absolute Gasteiger partial charge is 0.327 e. The van der Waals surface area contributed by atoms with Gasteiger partial charge in [-0.25, -0.2) is 0 Å².